The van der Waals surface area contributed by atoms with E-state index < -0.39 is 0 Å². The van der Waals surface area contributed by atoms with Crippen LogP contribution in [-0.2, 0) is 0 Å². The lowest BCUT2D eigenvalue weighted by atomic mass is 10.2. The van der Waals surface area contributed by atoms with E-state index in [4.69, 9.17) is 5.84 Å². The van der Waals surface area contributed by atoms with Gasteiger partial charge in [0.1, 0.15) is 0 Å². The third-order valence-electron chi connectivity index (χ3n) is 2.97. The smallest absolute Gasteiger partial charge is 0.269 e. The fourth-order valence-corrected chi connectivity index (χ4v) is 2.08. The van der Waals surface area contributed by atoms with Crippen LogP contribution in [0.3, 0.4) is 0 Å². The maximum atomic E-state index is 11.6. The van der Waals surface area contributed by atoms with Crippen molar-refractivity contribution in [3.05, 3.63) is 46.4 Å². The largest absolute Gasteiger partial charge is 0.353 e. The zero-order valence-electron chi connectivity index (χ0n) is 8.82. The number of nitrogens with zero attached hydrogens (tertiary/aromatic N) is 1. The summed E-state index contributed by atoms with van der Waals surface area (Å²) in [5.74, 6) is 5.65. The Hall–Kier alpha value is -2.23. The van der Waals surface area contributed by atoms with Gasteiger partial charge in [-0.2, -0.15) is 0 Å². The van der Waals surface area contributed by atoms with Crippen LogP contribution < -0.4 is 11.4 Å². The summed E-state index contributed by atoms with van der Waals surface area (Å²) < 4.78 is 1.16. The molecule has 16 heavy (non-hydrogen) atoms. The van der Waals surface area contributed by atoms with Crippen molar-refractivity contribution in [2.45, 2.75) is 6.92 Å². The van der Waals surface area contributed by atoms with Crippen molar-refractivity contribution >= 4 is 21.8 Å². The van der Waals surface area contributed by atoms with Gasteiger partial charge in [-0.05, 0) is 13.0 Å². The van der Waals surface area contributed by atoms with Gasteiger partial charge < -0.3 is 10.8 Å². The molecule has 80 valence electrons. The molecule has 4 heteroatoms. The minimum atomic E-state index is -0.185. The highest BCUT2D eigenvalue weighted by Crippen LogP contribution is 2.25. The molecule has 4 nitrogen and oxygen atoms in total. The zero-order valence-corrected chi connectivity index (χ0v) is 8.82. The van der Waals surface area contributed by atoms with Crippen molar-refractivity contribution in [3.8, 4) is 0 Å². The molecule has 0 aliphatic rings. The number of hydrogen-bond donors (Lipinski definition) is 2. The molecule has 0 radical (unpaired) electrons. The number of aryl methyl sites for hydroxylation is 1. The zero-order chi connectivity index (χ0) is 11.3. The Morgan fingerprint density at radius 2 is 2.00 bits per heavy atom. The number of para-hydroxylation sites is 1. The number of nitrogen functional groups attached to an aromatic ring is 1. The van der Waals surface area contributed by atoms with Gasteiger partial charge in [-0.3, -0.25) is 4.79 Å². The van der Waals surface area contributed by atoms with E-state index in [0.29, 0.717) is 0 Å². The van der Waals surface area contributed by atoms with Gasteiger partial charge in [-0.15, -0.1) is 0 Å². The predicted octanol–water partition coefficient (Wildman–Crippen LogP) is 1.51. The maximum absolute atomic E-state index is 11.6. The van der Waals surface area contributed by atoms with E-state index in [1.807, 2.05) is 31.2 Å². The van der Waals surface area contributed by atoms with Crippen molar-refractivity contribution in [2.24, 2.45) is 0 Å². The number of pyridine rings is 1. The van der Waals surface area contributed by atoms with Gasteiger partial charge in [-0.25, -0.2) is 4.68 Å². The molecule has 0 aliphatic heterocycles. The van der Waals surface area contributed by atoms with E-state index in [9.17, 15) is 4.79 Å². The van der Waals surface area contributed by atoms with Crippen molar-refractivity contribution < 1.29 is 0 Å². The molecule has 0 saturated heterocycles. The number of nitrogens with two attached hydrogens (primary N) is 1. The third kappa shape index (κ3) is 1.01. The Bertz CT molecular complexity index is 752. The van der Waals surface area contributed by atoms with Crippen LogP contribution in [0, 0.1) is 6.92 Å². The van der Waals surface area contributed by atoms with Gasteiger partial charge in [0.25, 0.3) is 5.56 Å². The first-order valence-corrected chi connectivity index (χ1v) is 5.06. The lowest BCUT2D eigenvalue weighted by Gasteiger charge is -2.03. The van der Waals surface area contributed by atoms with Gasteiger partial charge in [0.05, 0.1) is 11.2 Å². The fourth-order valence-electron chi connectivity index (χ4n) is 2.08. The molecule has 2 aromatic heterocycles. The van der Waals surface area contributed by atoms with Crippen LogP contribution in [0.2, 0.25) is 0 Å². The van der Waals surface area contributed by atoms with Crippen molar-refractivity contribution in [1.29, 1.82) is 0 Å². The molecule has 0 aliphatic carbocycles. The number of H-pyrrole nitrogens is 1. The standard InChI is InChI=1S/C12H11N3O/c1-7-12-9(6-11(16)15(7)13)8-4-2-3-5-10(8)14-12/h2-6,14H,13H2,1H3. The molecule has 0 atom stereocenters. The van der Waals surface area contributed by atoms with Crippen LogP contribution in [0.25, 0.3) is 21.8 Å². The summed E-state index contributed by atoms with van der Waals surface area (Å²) in [5, 5.41) is 1.98. The summed E-state index contributed by atoms with van der Waals surface area (Å²) in [5.41, 5.74) is 2.50. The summed E-state index contributed by atoms with van der Waals surface area (Å²) in [6, 6.07) is 9.47. The quantitative estimate of drug-likeness (QED) is 0.556. The Kier molecular flexibility index (Phi) is 1.63. The number of hydrogen-bond acceptors (Lipinski definition) is 2. The SMILES string of the molecule is Cc1c2[nH]c3ccccc3c2cc(=O)n1N. The van der Waals surface area contributed by atoms with Crippen LogP contribution in [-0.4, -0.2) is 9.66 Å². The maximum Gasteiger partial charge on any atom is 0.269 e. The lowest BCUT2D eigenvalue weighted by molar-refractivity contribution is 0.898. The van der Waals surface area contributed by atoms with Crippen LogP contribution in [0.5, 0.6) is 0 Å². The summed E-state index contributed by atoms with van der Waals surface area (Å²) in [6.45, 7) is 1.83. The summed E-state index contributed by atoms with van der Waals surface area (Å²) in [4.78, 5) is 14.9. The van der Waals surface area contributed by atoms with E-state index in [0.717, 1.165) is 32.2 Å². The molecule has 0 saturated carbocycles. The normalized spacial score (nSPS) is 11.3. The highest BCUT2D eigenvalue weighted by Gasteiger charge is 2.09. The Labute approximate surface area is 91.3 Å². The first-order valence-electron chi connectivity index (χ1n) is 5.06. The highest BCUT2D eigenvalue weighted by atomic mass is 16.1. The van der Waals surface area contributed by atoms with Gasteiger partial charge in [-0.1, -0.05) is 18.2 Å². The number of fused-ring (bicyclic) bond motifs is 3. The minimum absolute atomic E-state index is 0.185. The topological polar surface area (TPSA) is 63.8 Å². The van der Waals surface area contributed by atoms with E-state index in [1.165, 1.54) is 0 Å². The molecule has 0 spiro atoms. The van der Waals surface area contributed by atoms with Gasteiger partial charge in [0, 0.05) is 22.4 Å². The number of aromatic nitrogens is 2. The molecule has 0 fully saturated rings. The fraction of sp³-hybridized carbons (Fsp3) is 0.0833. The van der Waals surface area contributed by atoms with Crippen molar-refractivity contribution in [3.63, 3.8) is 0 Å². The number of rotatable bonds is 0. The van der Waals surface area contributed by atoms with Crippen molar-refractivity contribution in [1.82, 2.24) is 9.66 Å². The molecular formula is C12H11N3O. The summed E-state index contributed by atoms with van der Waals surface area (Å²) in [7, 11) is 0. The first kappa shape index (κ1) is 9.03. The molecule has 0 amide bonds. The summed E-state index contributed by atoms with van der Waals surface area (Å²) >= 11 is 0. The van der Waals surface area contributed by atoms with Crippen LogP contribution in [0.4, 0.5) is 0 Å². The molecule has 3 aromatic rings. The van der Waals surface area contributed by atoms with E-state index in [2.05, 4.69) is 4.98 Å². The van der Waals surface area contributed by atoms with Crippen LogP contribution in [0.15, 0.2) is 35.1 Å². The van der Waals surface area contributed by atoms with E-state index in [-0.39, 0.29) is 5.56 Å². The van der Waals surface area contributed by atoms with Crippen molar-refractivity contribution in [2.75, 3.05) is 5.84 Å². The van der Waals surface area contributed by atoms with Gasteiger partial charge in [0.15, 0.2) is 0 Å². The second kappa shape index (κ2) is 2.88. The average Bonchev–Trinajstić information content (AvgIpc) is 2.65. The number of benzene rings is 1. The Morgan fingerprint density at radius 1 is 1.25 bits per heavy atom. The third-order valence-corrected chi connectivity index (χ3v) is 2.97. The van der Waals surface area contributed by atoms with Gasteiger partial charge in [0.2, 0.25) is 0 Å². The van der Waals surface area contributed by atoms with Crippen LogP contribution in [0.1, 0.15) is 5.69 Å². The first-order chi connectivity index (χ1) is 7.68. The van der Waals surface area contributed by atoms with Gasteiger partial charge >= 0.3 is 0 Å². The molecule has 1 aromatic carbocycles. The number of nitrogens with one attached hydrogen (secondary N) is 1. The monoisotopic (exact) mass is 213 g/mol. The number of aromatic amines is 1. The van der Waals surface area contributed by atoms with E-state index in [1.54, 1.807) is 6.07 Å². The highest BCUT2D eigenvalue weighted by molar-refractivity contribution is 6.07. The second-order valence-corrected chi connectivity index (χ2v) is 3.90. The molecule has 0 bridgehead atoms. The Balaban J connectivity index is 2.66. The second-order valence-electron chi connectivity index (χ2n) is 3.90. The molecule has 3 rings (SSSR count). The lowest BCUT2D eigenvalue weighted by Crippen LogP contribution is -2.28. The van der Waals surface area contributed by atoms with Crippen LogP contribution >= 0.6 is 0 Å². The van der Waals surface area contributed by atoms with E-state index >= 15 is 0 Å². The average molecular weight is 213 g/mol. The minimum Gasteiger partial charge on any atom is -0.353 e. The molecule has 3 N–H and O–H groups in total. The molecular weight excluding hydrogens is 202 g/mol. The Morgan fingerprint density at radius 3 is 2.81 bits per heavy atom. The predicted molar refractivity (Wildman–Crippen MR) is 65.0 cm³/mol. The molecule has 2 heterocycles. The molecule has 0 unspecified atom stereocenters. The summed E-state index contributed by atoms with van der Waals surface area (Å²) in [6.07, 6.45) is 0.